The maximum absolute atomic E-state index is 11.6. The summed E-state index contributed by atoms with van der Waals surface area (Å²) < 4.78 is 11.0. The second-order valence-electron chi connectivity index (χ2n) is 9.73. The summed E-state index contributed by atoms with van der Waals surface area (Å²) in [6.45, 7) is 13.0. The van der Waals surface area contributed by atoms with E-state index < -0.39 is 0 Å². The number of morpholine rings is 1. The molecule has 0 amide bonds. The van der Waals surface area contributed by atoms with Crippen molar-refractivity contribution in [1.82, 2.24) is 4.90 Å². The number of cyclic esters (lactones) is 1. The summed E-state index contributed by atoms with van der Waals surface area (Å²) in [5.41, 5.74) is 0.0189. The quantitative estimate of drug-likeness (QED) is 0.199. The van der Waals surface area contributed by atoms with Gasteiger partial charge in [-0.15, -0.1) is 0 Å². The van der Waals surface area contributed by atoms with E-state index in [1.165, 1.54) is 63.8 Å². The molecule has 0 aliphatic carbocycles. The van der Waals surface area contributed by atoms with E-state index in [4.69, 9.17) is 9.16 Å². The Kier molecular flexibility index (Phi) is 13.3. The summed E-state index contributed by atoms with van der Waals surface area (Å²) >= 11 is 0. The number of rotatable bonds is 15. The molecule has 0 N–H and O–H groups in total. The zero-order chi connectivity index (χ0) is 20.8. The van der Waals surface area contributed by atoms with Gasteiger partial charge in [0.25, 0.3) is 0 Å². The summed E-state index contributed by atoms with van der Waals surface area (Å²) in [5, 5.41) is 0. The maximum Gasteiger partial charge on any atom is 0.320 e. The lowest BCUT2D eigenvalue weighted by molar-refractivity contribution is -0.155. The SMILES string of the molecule is CC(C)C[C@H]1COC(=O)CN1CCCCCCCCCCC[Si]OC(C)(C)C. The minimum atomic E-state index is -0.0505. The highest BCUT2D eigenvalue weighted by Crippen LogP contribution is 2.18. The molecular formula is C23H45NO3Si. The van der Waals surface area contributed by atoms with Crippen LogP contribution in [0.1, 0.15) is 98.8 Å². The molecule has 1 aliphatic rings. The summed E-state index contributed by atoms with van der Waals surface area (Å²) in [7, 11) is 0.659. The van der Waals surface area contributed by atoms with Crippen molar-refractivity contribution in [3.05, 3.63) is 0 Å². The Balaban J connectivity index is 1.93. The van der Waals surface area contributed by atoms with Crippen molar-refractivity contribution in [3.63, 3.8) is 0 Å². The van der Waals surface area contributed by atoms with Crippen molar-refractivity contribution in [2.24, 2.45) is 5.92 Å². The third-order valence-electron chi connectivity index (χ3n) is 5.13. The van der Waals surface area contributed by atoms with Crippen LogP contribution in [0.2, 0.25) is 6.04 Å². The zero-order valence-corrected chi connectivity index (χ0v) is 20.2. The minimum Gasteiger partial charge on any atom is -0.463 e. The smallest absolute Gasteiger partial charge is 0.320 e. The number of esters is 1. The van der Waals surface area contributed by atoms with E-state index in [9.17, 15) is 4.79 Å². The number of hydrogen-bond acceptors (Lipinski definition) is 4. The van der Waals surface area contributed by atoms with Gasteiger partial charge in [0.2, 0.25) is 9.76 Å². The van der Waals surface area contributed by atoms with Crippen molar-refractivity contribution < 1.29 is 14.0 Å². The normalized spacial score (nSPS) is 18.6. The van der Waals surface area contributed by atoms with Gasteiger partial charge in [0.1, 0.15) is 6.61 Å². The molecule has 5 heteroatoms. The van der Waals surface area contributed by atoms with Crippen LogP contribution >= 0.6 is 0 Å². The Labute approximate surface area is 177 Å². The van der Waals surface area contributed by atoms with Crippen molar-refractivity contribution >= 4 is 15.7 Å². The molecule has 0 aromatic rings. The minimum absolute atomic E-state index is 0.0189. The van der Waals surface area contributed by atoms with Crippen LogP contribution in [0.4, 0.5) is 0 Å². The van der Waals surface area contributed by atoms with Gasteiger partial charge < -0.3 is 9.16 Å². The van der Waals surface area contributed by atoms with E-state index in [2.05, 4.69) is 39.5 Å². The first-order chi connectivity index (χ1) is 13.3. The van der Waals surface area contributed by atoms with Crippen molar-refractivity contribution in [1.29, 1.82) is 0 Å². The number of unbranched alkanes of at least 4 members (excludes halogenated alkanes) is 8. The highest BCUT2D eigenvalue weighted by molar-refractivity contribution is 6.27. The van der Waals surface area contributed by atoms with Gasteiger partial charge in [0.05, 0.1) is 6.54 Å². The van der Waals surface area contributed by atoms with E-state index in [1.54, 1.807) is 0 Å². The molecule has 1 heterocycles. The fourth-order valence-corrected chi connectivity index (χ4v) is 4.60. The van der Waals surface area contributed by atoms with Crippen LogP contribution in [0.3, 0.4) is 0 Å². The van der Waals surface area contributed by atoms with Gasteiger partial charge in [-0.3, -0.25) is 9.69 Å². The summed E-state index contributed by atoms with van der Waals surface area (Å²) in [4.78, 5) is 14.0. The second kappa shape index (κ2) is 14.6. The standard InChI is InChI=1S/C23H45NO3Si/c1-20(2)17-21-19-26-22(25)18-24(21)15-13-11-9-7-6-8-10-12-14-16-28-27-23(3,4)5/h20-21H,6-19H2,1-5H3/t21-/m0/s1. The van der Waals surface area contributed by atoms with Crippen LogP contribution in [-0.2, 0) is 14.0 Å². The van der Waals surface area contributed by atoms with Crippen molar-refractivity contribution in [2.45, 2.75) is 117 Å². The van der Waals surface area contributed by atoms with E-state index in [1.807, 2.05) is 0 Å². The van der Waals surface area contributed by atoms with Gasteiger partial charge in [-0.05, 0) is 52.1 Å². The summed E-state index contributed by atoms with van der Waals surface area (Å²) in [6, 6.07) is 1.64. The van der Waals surface area contributed by atoms with E-state index in [0.29, 0.717) is 34.9 Å². The Morgan fingerprint density at radius 2 is 1.61 bits per heavy atom. The largest absolute Gasteiger partial charge is 0.463 e. The van der Waals surface area contributed by atoms with E-state index in [-0.39, 0.29) is 11.6 Å². The average molecular weight is 412 g/mol. The first-order valence-corrected chi connectivity index (χ1v) is 12.7. The molecule has 2 radical (unpaired) electrons. The van der Waals surface area contributed by atoms with Crippen LogP contribution in [0.25, 0.3) is 0 Å². The molecule has 1 atom stereocenters. The summed E-state index contributed by atoms with van der Waals surface area (Å²) in [5.74, 6) is 0.598. The predicted octanol–water partition coefficient (Wildman–Crippen LogP) is 5.62. The maximum atomic E-state index is 11.6. The lowest BCUT2D eigenvalue weighted by Crippen LogP contribution is -2.48. The molecule has 1 aliphatic heterocycles. The fourth-order valence-electron chi connectivity index (χ4n) is 3.68. The molecule has 1 saturated heterocycles. The number of hydrogen-bond donors (Lipinski definition) is 0. The average Bonchev–Trinajstić information content (AvgIpc) is 2.59. The highest BCUT2D eigenvalue weighted by Gasteiger charge is 2.27. The molecule has 1 fully saturated rings. The molecule has 0 aromatic heterocycles. The first kappa shape index (κ1) is 25.6. The molecule has 0 aromatic carbocycles. The third-order valence-corrected chi connectivity index (χ3v) is 6.45. The fraction of sp³-hybridized carbons (Fsp3) is 0.957. The Bertz CT molecular complexity index is 409. The Hall–Kier alpha value is -0.393. The predicted molar refractivity (Wildman–Crippen MR) is 119 cm³/mol. The van der Waals surface area contributed by atoms with Gasteiger partial charge in [-0.25, -0.2) is 0 Å². The van der Waals surface area contributed by atoms with Crippen LogP contribution in [0.5, 0.6) is 0 Å². The topological polar surface area (TPSA) is 38.8 Å². The monoisotopic (exact) mass is 411 g/mol. The van der Waals surface area contributed by atoms with E-state index in [0.717, 1.165) is 13.0 Å². The Morgan fingerprint density at radius 1 is 1.04 bits per heavy atom. The van der Waals surface area contributed by atoms with Crippen LogP contribution in [0.15, 0.2) is 0 Å². The van der Waals surface area contributed by atoms with Crippen LogP contribution in [-0.4, -0.2) is 52.0 Å². The van der Waals surface area contributed by atoms with Gasteiger partial charge in [-0.1, -0.05) is 65.2 Å². The molecule has 164 valence electrons. The third kappa shape index (κ3) is 13.7. The van der Waals surface area contributed by atoms with Crippen LogP contribution in [0, 0.1) is 5.92 Å². The van der Waals surface area contributed by atoms with Gasteiger partial charge in [-0.2, -0.15) is 0 Å². The Morgan fingerprint density at radius 3 is 2.18 bits per heavy atom. The molecule has 0 unspecified atom stereocenters. The van der Waals surface area contributed by atoms with E-state index >= 15 is 0 Å². The number of nitrogens with zero attached hydrogens (tertiary/aromatic N) is 1. The zero-order valence-electron chi connectivity index (χ0n) is 19.2. The molecule has 0 spiro atoms. The molecule has 4 nitrogen and oxygen atoms in total. The van der Waals surface area contributed by atoms with Gasteiger partial charge >= 0.3 is 5.97 Å². The van der Waals surface area contributed by atoms with Crippen LogP contribution < -0.4 is 0 Å². The van der Waals surface area contributed by atoms with Crippen molar-refractivity contribution in [3.8, 4) is 0 Å². The van der Waals surface area contributed by atoms with Gasteiger partial charge in [0.15, 0.2) is 0 Å². The summed E-state index contributed by atoms with van der Waals surface area (Å²) in [6.07, 6.45) is 13.1. The first-order valence-electron chi connectivity index (χ1n) is 11.6. The van der Waals surface area contributed by atoms with Gasteiger partial charge in [0, 0.05) is 11.6 Å². The molecule has 0 saturated carbocycles. The number of carbonyl (C=O) groups excluding carboxylic acids is 1. The molecule has 0 bridgehead atoms. The molecule has 28 heavy (non-hydrogen) atoms. The number of ether oxygens (including phenoxy) is 1. The lowest BCUT2D eigenvalue weighted by Gasteiger charge is -2.35. The number of carbonyl (C=O) groups is 1. The molecular weight excluding hydrogens is 366 g/mol. The second-order valence-corrected chi connectivity index (χ2v) is 10.7. The van der Waals surface area contributed by atoms with Crippen molar-refractivity contribution in [2.75, 3.05) is 19.7 Å². The lowest BCUT2D eigenvalue weighted by atomic mass is 10.0. The highest BCUT2D eigenvalue weighted by atomic mass is 28.2. The molecule has 1 rings (SSSR count).